The summed E-state index contributed by atoms with van der Waals surface area (Å²) in [7, 11) is 0. The number of aliphatic hydroxyl groups is 1. The van der Waals surface area contributed by atoms with Gasteiger partial charge in [-0.1, -0.05) is 0 Å². The lowest BCUT2D eigenvalue weighted by Crippen LogP contribution is -2.30. The summed E-state index contributed by atoms with van der Waals surface area (Å²) in [5, 5.41) is 23.9. The molecule has 1 heterocycles. The van der Waals surface area contributed by atoms with Crippen LogP contribution in [0.25, 0.3) is 0 Å². The predicted octanol–water partition coefficient (Wildman–Crippen LogP) is 1.31. The van der Waals surface area contributed by atoms with E-state index in [9.17, 15) is 20.0 Å². The van der Waals surface area contributed by atoms with Crippen molar-refractivity contribution in [2.24, 2.45) is 0 Å². The van der Waals surface area contributed by atoms with E-state index in [4.69, 9.17) is 0 Å². The molecule has 21 heavy (non-hydrogen) atoms. The van der Waals surface area contributed by atoms with Gasteiger partial charge in [-0.25, -0.2) is 0 Å². The van der Waals surface area contributed by atoms with Crippen molar-refractivity contribution < 1.29 is 14.8 Å². The number of nitrogens with one attached hydrogen (secondary N) is 1. The first-order chi connectivity index (χ1) is 9.84. The molecule has 7 nitrogen and oxygen atoms in total. The largest absolute Gasteiger partial charge is 0.388 e. The molecule has 0 bridgehead atoms. The SMILES string of the molecule is CCNC(=O)c1ccc(N2CCC(C)(O)C2)c([N+](=O)[O-])c1. The van der Waals surface area contributed by atoms with Gasteiger partial charge in [0.1, 0.15) is 5.69 Å². The lowest BCUT2D eigenvalue weighted by atomic mass is 10.1. The maximum Gasteiger partial charge on any atom is 0.293 e. The Morgan fingerprint density at radius 2 is 2.29 bits per heavy atom. The van der Waals surface area contributed by atoms with Gasteiger partial charge < -0.3 is 15.3 Å². The zero-order valence-corrected chi connectivity index (χ0v) is 12.1. The molecule has 0 radical (unpaired) electrons. The van der Waals surface area contributed by atoms with Crippen molar-refractivity contribution in [2.45, 2.75) is 25.9 Å². The van der Waals surface area contributed by atoms with Crippen LogP contribution in [-0.2, 0) is 0 Å². The highest BCUT2D eigenvalue weighted by atomic mass is 16.6. The minimum Gasteiger partial charge on any atom is -0.388 e. The summed E-state index contributed by atoms with van der Waals surface area (Å²) in [6.45, 7) is 4.85. The summed E-state index contributed by atoms with van der Waals surface area (Å²) in [6.07, 6.45) is 0.558. The smallest absolute Gasteiger partial charge is 0.293 e. The van der Waals surface area contributed by atoms with Crippen LogP contribution < -0.4 is 10.2 Å². The maximum absolute atomic E-state index is 11.8. The Bertz CT molecular complexity index is 571. The number of carbonyl (C=O) groups excluding carboxylic acids is 1. The van der Waals surface area contributed by atoms with Gasteiger partial charge in [-0.05, 0) is 32.4 Å². The molecule has 1 aliphatic rings. The van der Waals surface area contributed by atoms with Crippen LogP contribution in [-0.4, -0.2) is 41.2 Å². The summed E-state index contributed by atoms with van der Waals surface area (Å²) >= 11 is 0. The van der Waals surface area contributed by atoms with E-state index in [0.717, 1.165) is 0 Å². The van der Waals surface area contributed by atoms with Crippen LogP contribution in [0.4, 0.5) is 11.4 Å². The third kappa shape index (κ3) is 3.30. The van der Waals surface area contributed by atoms with Crippen molar-refractivity contribution in [3.05, 3.63) is 33.9 Å². The Morgan fingerprint density at radius 1 is 1.57 bits per heavy atom. The molecule has 7 heteroatoms. The molecule has 2 N–H and O–H groups in total. The third-order valence-electron chi connectivity index (χ3n) is 3.56. The highest BCUT2D eigenvalue weighted by molar-refractivity contribution is 5.95. The molecule has 0 spiro atoms. The molecule has 1 fully saturated rings. The van der Waals surface area contributed by atoms with E-state index in [0.29, 0.717) is 31.7 Å². The number of nitro groups is 1. The minimum atomic E-state index is -0.841. The first-order valence-corrected chi connectivity index (χ1v) is 6.88. The molecule has 114 valence electrons. The Morgan fingerprint density at radius 3 is 2.81 bits per heavy atom. The molecule has 1 amide bonds. The molecule has 2 rings (SSSR count). The maximum atomic E-state index is 11.8. The average molecular weight is 293 g/mol. The zero-order chi connectivity index (χ0) is 15.6. The fourth-order valence-corrected chi connectivity index (χ4v) is 2.49. The first kappa shape index (κ1) is 15.2. The molecule has 0 aromatic heterocycles. The van der Waals surface area contributed by atoms with E-state index in [2.05, 4.69) is 5.32 Å². The van der Waals surface area contributed by atoms with Crippen LogP contribution in [0.15, 0.2) is 18.2 Å². The van der Waals surface area contributed by atoms with Crippen molar-refractivity contribution in [1.29, 1.82) is 0 Å². The number of hydrogen-bond acceptors (Lipinski definition) is 5. The second-order valence-corrected chi connectivity index (χ2v) is 5.49. The Kier molecular flexibility index (Phi) is 4.13. The third-order valence-corrected chi connectivity index (χ3v) is 3.56. The number of nitrogens with zero attached hydrogens (tertiary/aromatic N) is 2. The molecule has 1 unspecified atom stereocenters. The van der Waals surface area contributed by atoms with Crippen molar-refractivity contribution in [3.63, 3.8) is 0 Å². The first-order valence-electron chi connectivity index (χ1n) is 6.88. The number of nitro benzene ring substituents is 1. The molecule has 1 saturated heterocycles. The number of anilines is 1. The second kappa shape index (κ2) is 5.69. The van der Waals surface area contributed by atoms with E-state index in [1.165, 1.54) is 6.07 Å². The van der Waals surface area contributed by atoms with Gasteiger partial charge in [0.05, 0.1) is 10.5 Å². The van der Waals surface area contributed by atoms with Crippen LogP contribution in [0.3, 0.4) is 0 Å². The van der Waals surface area contributed by atoms with Crippen LogP contribution >= 0.6 is 0 Å². The molecular formula is C14H19N3O4. The number of amides is 1. The Hall–Kier alpha value is -2.15. The highest BCUT2D eigenvalue weighted by Gasteiger charge is 2.34. The van der Waals surface area contributed by atoms with Gasteiger partial charge in [-0.15, -0.1) is 0 Å². The molecule has 1 aromatic rings. The van der Waals surface area contributed by atoms with Gasteiger partial charge in [-0.3, -0.25) is 14.9 Å². The summed E-state index contributed by atoms with van der Waals surface area (Å²) in [5.41, 5.74) is -0.257. The van der Waals surface area contributed by atoms with Gasteiger partial charge in [-0.2, -0.15) is 0 Å². The van der Waals surface area contributed by atoms with Gasteiger partial charge in [0, 0.05) is 31.3 Å². The normalized spacial score (nSPS) is 21.4. The quantitative estimate of drug-likeness (QED) is 0.644. The van der Waals surface area contributed by atoms with Crippen LogP contribution in [0.2, 0.25) is 0 Å². The lowest BCUT2D eigenvalue weighted by molar-refractivity contribution is -0.384. The van der Waals surface area contributed by atoms with Gasteiger partial charge in [0.25, 0.3) is 11.6 Å². The molecule has 1 aliphatic heterocycles. The molecule has 0 aliphatic carbocycles. The summed E-state index contributed by atoms with van der Waals surface area (Å²) in [6, 6.07) is 4.43. The van der Waals surface area contributed by atoms with E-state index < -0.39 is 10.5 Å². The number of β-amino-alcohol motifs (C(OH)–C–C–N with tert-alkyl or cyclic N) is 1. The van der Waals surface area contributed by atoms with Crippen molar-refractivity contribution >= 4 is 17.3 Å². The summed E-state index contributed by atoms with van der Waals surface area (Å²) in [4.78, 5) is 24.3. The average Bonchev–Trinajstić information content (AvgIpc) is 2.78. The van der Waals surface area contributed by atoms with E-state index in [1.54, 1.807) is 30.9 Å². The highest BCUT2D eigenvalue weighted by Crippen LogP contribution is 2.34. The van der Waals surface area contributed by atoms with Gasteiger partial charge in [0.15, 0.2) is 0 Å². The van der Waals surface area contributed by atoms with Crippen molar-refractivity contribution in [3.8, 4) is 0 Å². The summed E-state index contributed by atoms with van der Waals surface area (Å²) in [5.74, 6) is -0.333. The van der Waals surface area contributed by atoms with E-state index in [-0.39, 0.29) is 17.2 Å². The van der Waals surface area contributed by atoms with Gasteiger partial charge in [0.2, 0.25) is 0 Å². The Balaban J connectivity index is 2.34. The van der Waals surface area contributed by atoms with Crippen LogP contribution in [0, 0.1) is 10.1 Å². The summed E-state index contributed by atoms with van der Waals surface area (Å²) < 4.78 is 0. The van der Waals surface area contributed by atoms with E-state index in [1.807, 2.05) is 0 Å². The fraction of sp³-hybridized carbons (Fsp3) is 0.500. The second-order valence-electron chi connectivity index (χ2n) is 5.49. The molecule has 1 atom stereocenters. The van der Waals surface area contributed by atoms with Gasteiger partial charge >= 0.3 is 0 Å². The monoisotopic (exact) mass is 293 g/mol. The molecular weight excluding hydrogens is 274 g/mol. The van der Waals surface area contributed by atoms with Crippen molar-refractivity contribution in [1.82, 2.24) is 5.32 Å². The number of benzene rings is 1. The Labute approximate surface area is 122 Å². The fourth-order valence-electron chi connectivity index (χ4n) is 2.49. The molecule has 1 aromatic carbocycles. The molecule has 0 saturated carbocycles. The van der Waals surface area contributed by atoms with Crippen molar-refractivity contribution in [2.75, 3.05) is 24.5 Å². The van der Waals surface area contributed by atoms with Crippen LogP contribution in [0.5, 0.6) is 0 Å². The predicted molar refractivity (Wildman–Crippen MR) is 78.6 cm³/mol. The number of rotatable bonds is 4. The standard InChI is InChI=1S/C14H19N3O4/c1-3-15-13(18)10-4-5-11(12(8-10)17(20)21)16-7-6-14(2,19)9-16/h4-5,8,19H,3,6-7,9H2,1-2H3,(H,15,18). The minimum absolute atomic E-state index is 0.114. The zero-order valence-electron chi connectivity index (χ0n) is 12.1. The lowest BCUT2D eigenvalue weighted by Gasteiger charge is -2.20. The topological polar surface area (TPSA) is 95.7 Å². The van der Waals surface area contributed by atoms with E-state index >= 15 is 0 Å². The van der Waals surface area contributed by atoms with Crippen LogP contribution in [0.1, 0.15) is 30.6 Å². The number of hydrogen-bond donors (Lipinski definition) is 2. The number of carbonyl (C=O) groups is 1.